The molecule has 5 nitrogen and oxygen atoms in total. The fourth-order valence-electron chi connectivity index (χ4n) is 0.431. The molecule has 4 N–H and O–H groups in total. The fourth-order valence-corrected chi connectivity index (χ4v) is 0.431. The second kappa shape index (κ2) is 5.06. The highest BCUT2D eigenvalue weighted by atomic mass is 16.3. The first-order chi connectivity index (χ1) is 5.07. The summed E-state index contributed by atoms with van der Waals surface area (Å²) in [7, 11) is 0. The van der Waals surface area contributed by atoms with E-state index in [-0.39, 0.29) is 6.54 Å². The molecule has 0 heterocycles. The van der Waals surface area contributed by atoms with Gasteiger partial charge in [-0.25, -0.2) is 0 Å². The highest BCUT2D eigenvalue weighted by Crippen LogP contribution is 1.81. The predicted molar refractivity (Wildman–Crippen MR) is 37.8 cm³/mol. The van der Waals surface area contributed by atoms with Gasteiger partial charge < -0.3 is 20.6 Å². The molecule has 0 aromatic rings. The Labute approximate surface area is 64.7 Å². The van der Waals surface area contributed by atoms with Gasteiger partial charge in [0.25, 0.3) is 0 Å². The van der Waals surface area contributed by atoms with Gasteiger partial charge in [-0.3, -0.25) is 4.79 Å². The molecule has 2 atom stereocenters. The van der Waals surface area contributed by atoms with Crippen LogP contribution in [0.15, 0.2) is 0 Å². The van der Waals surface area contributed by atoms with Crippen molar-refractivity contribution in [1.82, 2.24) is 5.32 Å². The Hall–Kier alpha value is -0.650. The summed E-state index contributed by atoms with van der Waals surface area (Å²) < 4.78 is 0. The van der Waals surface area contributed by atoms with Crippen molar-refractivity contribution in [2.75, 3.05) is 13.2 Å². The van der Waals surface area contributed by atoms with Crippen molar-refractivity contribution in [1.29, 1.82) is 0 Å². The molecule has 66 valence electrons. The van der Waals surface area contributed by atoms with Gasteiger partial charge >= 0.3 is 0 Å². The van der Waals surface area contributed by atoms with E-state index in [1.807, 2.05) is 0 Å². The van der Waals surface area contributed by atoms with Crippen LogP contribution in [0.1, 0.15) is 6.92 Å². The molecule has 0 fully saturated rings. The van der Waals surface area contributed by atoms with Gasteiger partial charge in [0.2, 0.25) is 5.91 Å². The molecule has 5 heteroatoms. The van der Waals surface area contributed by atoms with Gasteiger partial charge in [0.1, 0.15) is 6.10 Å². The van der Waals surface area contributed by atoms with Crippen molar-refractivity contribution in [3.63, 3.8) is 0 Å². The Kier molecular flexibility index (Phi) is 4.76. The van der Waals surface area contributed by atoms with E-state index in [0.717, 1.165) is 0 Å². The van der Waals surface area contributed by atoms with Crippen LogP contribution < -0.4 is 5.32 Å². The third kappa shape index (κ3) is 4.72. The molecule has 0 aromatic heterocycles. The third-order valence-electron chi connectivity index (χ3n) is 1.10. The Balaban J connectivity index is 3.46. The van der Waals surface area contributed by atoms with E-state index in [1.54, 1.807) is 0 Å². The molecule has 0 aliphatic rings. The van der Waals surface area contributed by atoms with E-state index in [0.29, 0.717) is 0 Å². The number of aliphatic hydroxyl groups excluding tert-OH is 3. The molecule has 0 aliphatic heterocycles. The number of amides is 1. The third-order valence-corrected chi connectivity index (χ3v) is 1.10. The number of nitrogens with one attached hydrogen (secondary N) is 1. The standard InChI is InChI=1S/C6H13NO4/c1-4(9)6(11)7-2-5(10)3-8/h4-5,8-10H,2-3H2,1H3,(H,7,11)/t4-,5-/m0/s1. The molecule has 0 rings (SSSR count). The number of rotatable bonds is 4. The Morgan fingerprint density at radius 3 is 2.45 bits per heavy atom. The topological polar surface area (TPSA) is 89.8 Å². The SMILES string of the molecule is C[C@H](O)C(=O)NC[C@H](O)CO. The molecular formula is C6H13NO4. The molecule has 0 aromatic carbocycles. The van der Waals surface area contributed by atoms with Crippen molar-refractivity contribution in [3.05, 3.63) is 0 Å². The number of carbonyl (C=O) groups excluding carboxylic acids is 1. The summed E-state index contributed by atoms with van der Waals surface area (Å²) in [6.07, 6.45) is -2.04. The van der Waals surface area contributed by atoms with Gasteiger partial charge in [-0.2, -0.15) is 0 Å². The van der Waals surface area contributed by atoms with Gasteiger partial charge in [0.15, 0.2) is 0 Å². The van der Waals surface area contributed by atoms with Crippen molar-refractivity contribution in [2.24, 2.45) is 0 Å². The monoisotopic (exact) mass is 163 g/mol. The first kappa shape index (κ1) is 10.3. The smallest absolute Gasteiger partial charge is 0.248 e. The molecule has 0 radical (unpaired) electrons. The van der Waals surface area contributed by atoms with Crippen LogP contribution in [0.3, 0.4) is 0 Å². The van der Waals surface area contributed by atoms with E-state index < -0.39 is 24.7 Å². The van der Waals surface area contributed by atoms with Crippen LogP contribution in [-0.2, 0) is 4.79 Å². The second-order valence-corrected chi connectivity index (χ2v) is 2.26. The molecule has 0 unspecified atom stereocenters. The minimum absolute atomic E-state index is 0.0414. The van der Waals surface area contributed by atoms with Crippen LogP contribution in [0.4, 0.5) is 0 Å². The second-order valence-electron chi connectivity index (χ2n) is 2.26. The largest absolute Gasteiger partial charge is 0.394 e. The fraction of sp³-hybridized carbons (Fsp3) is 0.833. The molecule has 0 saturated heterocycles. The van der Waals surface area contributed by atoms with Crippen molar-refractivity contribution in [2.45, 2.75) is 19.1 Å². The number of hydrogen-bond donors (Lipinski definition) is 4. The van der Waals surface area contributed by atoms with Crippen LogP contribution in [0.25, 0.3) is 0 Å². The van der Waals surface area contributed by atoms with E-state index in [9.17, 15) is 4.79 Å². The van der Waals surface area contributed by atoms with Crippen LogP contribution in [0, 0.1) is 0 Å². The molecule has 1 amide bonds. The van der Waals surface area contributed by atoms with Crippen LogP contribution in [0.2, 0.25) is 0 Å². The van der Waals surface area contributed by atoms with Crippen LogP contribution in [-0.4, -0.2) is 46.6 Å². The maximum absolute atomic E-state index is 10.6. The van der Waals surface area contributed by atoms with Crippen LogP contribution >= 0.6 is 0 Å². The quantitative estimate of drug-likeness (QED) is 0.380. The summed E-state index contributed by atoms with van der Waals surface area (Å²) in [5.74, 6) is -0.558. The summed E-state index contributed by atoms with van der Waals surface area (Å²) in [6.45, 7) is 0.876. The summed E-state index contributed by atoms with van der Waals surface area (Å²) in [6, 6.07) is 0. The predicted octanol–water partition coefficient (Wildman–Crippen LogP) is -2.16. The minimum atomic E-state index is -1.08. The zero-order valence-corrected chi connectivity index (χ0v) is 6.32. The first-order valence-corrected chi connectivity index (χ1v) is 3.32. The molecule has 0 bridgehead atoms. The van der Waals surface area contributed by atoms with E-state index in [4.69, 9.17) is 15.3 Å². The summed E-state index contributed by atoms with van der Waals surface area (Å²) in [5.41, 5.74) is 0. The Morgan fingerprint density at radius 1 is 1.55 bits per heavy atom. The average Bonchev–Trinajstić information content (AvgIpc) is 1.99. The Bertz CT molecular complexity index is 126. The molecule has 0 saturated carbocycles. The van der Waals surface area contributed by atoms with Crippen molar-refractivity contribution >= 4 is 5.91 Å². The summed E-state index contributed by atoms with van der Waals surface area (Å²) >= 11 is 0. The van der Waals surface area contributed by atoms with Crippen molar-refractivity contribution < 1.29 is 20.1 Å². The van der Waals surface area contributed by atoms with E-state index in [2.05, 4.69) is 5.32 Å². The molecule has 11 heavy (non-hydrogen) atoms. The highest BCUT2D eigenvalue weighted by Gasteiger charge is 2.09. The summed E-state index contributed by atoms with van der Waals surface area (Å²) in [4.78, 5) is 10.6. The lowest BCUT2D eigenvalue weighted by molar-refractivity contribution is -0.129. The Morgan fingerprint density at radius 2 is 2.09 bits per heavy atom. The first-order valence-electron chi connectivity index (χ1n) is 3.32. The number of hydrogen-bond acceptors (Lipinski definition) is 4. The maximum atomic E-state index is 10.6. The minimum Gasteiger partial charge on any atom is -0.394 e. The van der Waals surface area contributed by atoms with Gasteiger partial charge in [-0.15, -0.1) is 0 Å². The lowest BCUT2D eigenvalue weighted by Crippen LogP contribution is -2.38. The van der Waals surface area contributed by atoms with E-state index in [1.165, 1.54) is 6.92 Å². The van der Waals surface area contributed by atoms with Gasteiger partial charge in [-0.05, 0) is 6.92 Å². The molecule has 0 spiro atoms. The highest BCUT2D eigenvalue weighted by molar-refractivity contribution is 5.79. The lowest BCUT2D eigenvalue weighted by Gasteiger charge is -2.09. The van der Waals surface area contributed by atoms with Gasteiger partial charge in [0, 0.05) is 6.54 Å². The lowest BCUT2D eigenvalue weighted by atomic mass is 10.3. The summed E-state index contributed by atoms with van der Waals surface area (Å²) in [5, 5.41) is 27.9. The van der Waals surface area contributed by atoms with Crippen molar-refractivity contribution in [3.8, 4) is 0 Å². The number of carbonyl (C=O) groups is 1. The number of aliphatic hydroxyl groups is 3. The zero-order chi connectivity index (χ0) is 8.85. The molecule has 0 aliphatic carbocycles. The van der Waals surface area contributed by atoms with E-state index >= 15 is 0 Å². The average molecular weight is 163 g/mol. The zero-order valence-electron chi connectivity index (χ0n) is 6.32. The van der Waals surface area contributed by atoms with Gasteiger partial charge in [0.05, 0.1) is 12.7 Å². The normalized spacial score (nSPS) is 15.6. The molecular weight excluding hydrogens is 150 g/mol. The maximum Gasteiger partial charge on any atom is 0.248 e. The van der Waals surface area contributed by atoms with Gasteiger partial charge in [-0.1, -0.05) is 0 Å². The van der Waals surface area contributed by atoms with Crippen LogP contribution in [0.5, 0.6) is 0 Å².